The molecule has 28 heavy (non-hydrogen) atoms. The summed E-state index contributed by atoms with van der Waals surface area (Å²) in [5, 5.41) is 0. The Balaban J connectivity index is 2.39. The molecule has 0 unspecified atom stereocenters. The van der Waals surface area contributed by atoms with Crippen LogP contribution in [-0.4, -0.2) is 7.11 Å². The molecule has 0 spiro atoms. The van der Waals surface area contributed by atoms with Crippen LogP contribution in [0.4, 0.5) is 0 Å². The summed E-state index contributed by atoms with van der Waals surface area (Å²) < 4.78 is 5.74. The van der Waals surface area contributed by atoms with Gasteiger partial charge in [0.2, 0.25) is 0 Å². The summed E-state index contributed by atoms with van der Waals surface area (Å²) in [5.41, 5.74) is 9.98. The van der Waals surface area contributed by atoms with Crippen molar-refractivity contribution in [2.24, 2.45) is 0 Å². The average molecular weight is 367 g/mol. The first-order valence-corrected chi connectivity index (χ1v) is 9.57. The van der Waals surface area contributed by atoms with E-state index in [2.05, 4.69) is 92.5 Å². The van der Waals surface area contributed by atoms with Gasteiger partial charge in [-0.2, -0.15) is 0 Å². The van der Waals surface area contributed by atoms with E-state index in [1.165, 1.54) is 22.3 Å². The lowest BCUT2D eigenvalue weighted by molar-refractivity contribution is 0.412. The lowest BCUT2D eigenvalue weighted by atomic mass is 9.79. The van der Waals surface area contributed by atoms with Crippen molar-refractivity contribution in [1.29, 1.82) is 0 Å². The minimum atomic E-state index is 0.124. The van der Waals surface area contributed by atoms with Gasteiger partial charge in [0.25, 0.3) is 0 Å². The maximum Gasteiger partial charge on any atom is 0.134 e. The second-order valence-corrected chi connectivity index (χ2v) is 6.64. The SMILES string of the molecule is C=C=Cc1c(CC)c(C(c2ccccc2)c2ccccc2)cc(C=C)c1OC. The van der Waals surface area contributed by atoms with Crippen molar-refractivity contribution in [3.63, 3.8) is 0 Å². The molecular formula is C27H26O. The first-order valence-electron chi connectivity index (χ1n) is 9.57. The molecule has 0 saturated heterocycles. The van der Waals surface area contributed by atoms with E-state index in [0.717, 1.165) is 23.3 Å². The molecule has 0 atom stereocenters. The molecular weight excluding hydrogens is 340 g/mol. The molecule has 1 nitrogen and oxygen atoms in total. The van der Waals surface area contributed by atoms with Crippen molar-refractivity contribution in [2.45, 2.75) is 19.3 Å². The van der Waals surface area contributed by atoms with E-state index in [1.807, 2.05) is 12.2 Å². The highest BCUT2D eigenvalue weighted by Crippen LogP contribution is 2.40. The third kappa shape index (κ3) is 3.71. The maximum absolute atomic E-state index is 5.74. The summed E-state index contributed by atoms with van der Waals surface area (Å²) in [6, 6.07) is 23.5. The second kappa shape index (κ2) is 9.08. The summed E-state index contributed by atoms with van der Waals surface area (Å²) in [4.78, 5) is 0. The van der Waals surface area contributed by atoms with E-state index in [1.54, 1.807) is 7.11 Å². The molecule has 3 aromatic rings. The molecule has 3 aromatic carbocycles. The predicted molar refractivity (Wildman–Crippen MR) is 120 cm³/mol. The number of rotatable bonds is 7. The lowest BCUT2D eigenvalue weighted by Gasteiger charge is -2.25. The molecule has 0 radical (unpaired) electrons. The fourth-order valence-electron chi connectivity index (χ4n) is 3.90. The van der Waals surface area contributed by atoms with Crippen LogP contribution >= 0.6 is 0 Å². The molecule has 0 aromatic heterocycles. The van der Waals surface area contributed by atoms with E-state index in [4.69, 9.17) is 4.74 Å². The van der Waals surface area contributed by atoms with Crippen molar-refractivity contribution in [3.8, 4) is 5.75 Å². The summed E-state index contributed by atoms with van der Waals surface area (Å²) in [7, 11) is 1.70. The largest absolute Gasteiger partial charge is 0.495 e. The van der Waals surface area contributed by atoms with Crippen LogP contribution in [0.1, 0.15) is 46.2 Å². The van der Waals surface area contributed by atoms with E-state index >= 15 is 0 Å². The summed E-state index contributed by atoms with van der Waals surface area (Å²) >= 11 is 0. The van der Waals surface area contributed by atoms with Crippen molar-refractivity contribution in [2.75, 3.05) is 7.11 Å². The zero-order valence-electron chi connectivity index (χ0n) is 16.6. The van der Waals surface area contributed by atoms with Gasteiger partial charge < -0.3 is 4.74 Å². The first kappa shape index (κ1) is 19.5. The fraction of sp³-hybridized carbons (Fsp3) is 0.148. The van der Waals surface area contributed by atoms with Crippen molar-refractivity contribution >= 4 is 12.2 Å². The van der Waals surface area contributed by atoms with Gasteiger partial charge in [-0.15, -0.1) is 5.73 Å². The zero-order valence-corrected chi connectivity index (χ0v) is 16.6. The fourth-order valence-corrected chi connectivity index (χ4v) is 3.90. The number of benzene rings is 3. The molecule has 0 amide bonds. The van der Waals surface area contributed by atoms with Gasteiger partial charge in [-0.3, -0.25) is 0 Å². The number of methoxy groups -OCH3 is 1. The molecule has 0 saturated carbocycles. The third-order valence-corrected chi connectivity index (χ3v) is 5.09. The third-order valence-electron chi connectivity index (χ3n) is 5.09. The van der Waals surface area contributed by atoms with Crippen molar-refractivity contribution in [1.82, 2.24) is 0 Å². The van der Waals surface area contributed by atoms with E-state index < -0.39 is 0 Å². The van der Waals surface area contributed by atoms with Crippen LogP contribution in [0.25, 0.3) is 12.2 Å². The van der Waals surface area contributed by atoms with Crippen LogP contribution in [0.3, 0.4) is 0 Å². The molecule has 0 fully saturated rings. The molecule has 0 aliphatic carbocycles. The molecule has 0 aliphatic rings. The van der Waals surface area contributed by atoms with Crippen molar-refractivity contribution < 1.29 is 4.74 Å². The topological polar surface area (TPSA) is 9.23 Å². The van der Waals surface area contributed by atoms with Crippen LogP contribution in [0.5, 0.6) is 5.75 Å². The lowest BCUT2D eigenvalue weighted by Crippen LogP contribution is -2.09. The average Bonchev–Trinajstić information content (AvgIpc) is 2.75. The standard InChI is InChI=1S/C27H26O/c1-5-14-24-23(7-3)25(19-20(6-2)27(24)28-4)26(21-15-10-8-11-16-21)22-17-12-9-13-18-22/h6,8-19,26H,1-2,7H2,3-4H3. The predicted octanol–water partition coefficient (Wildman–Crippen LogP) is 6.88. The Morgan fingerprint density at radius 1 is 1.00 bits per heavy atom. The van der Waals surface area contributed by atoms with Crippen LogP contribution in [0.15, 0.2) is 85.6 Å². The van der Waals surface area contributed by atoms with Gasteiger partial charge in [0.1, 0.15) is 5.75 Å². The normalized spacial score (nSPS) is 10.4. The van der Waals surface area contributed by atoms with Crippen LogP contribution < -0.4 is 4.74 Å². The molecule has 3 rings (SSSR count). The summed E-state index contributed by atoms with van der Waals surface area (Å²) in [6.07, 6.45) is 4.66. The number of hydrogen-bond acceptors (Lipinski definition) is 1. The van der Waals surface area contributed by atoms with Gasteiger partial charge in [0.05, 0.1) is 7.11 Å². The number of ether oxygens (including phenoxy) is 1. The van der Waals surface area contributed by atoms with E-state index in [9.17, 15) is 0 Å². The van der Waals surface area contributed by atoms with Gasteiger partial charge >= 0.3 is 0 Å². The Morgan fingerprint density at radius 2 is 1.57 bits per heavy atom. The monoisotopic (exact) mass is 366 g/mol. The Bertz CT molecular complexity index is 954. The van der Waals surface area contributed by atoms with Gasteiger partial charge in [0.15, 0.2) is 0 Å². The first-order chi connectivity index (χ1) is 13.7. The van der Waals surface area contributed by atoms with Crippen molar-refractivity contribution in [3.05, 3.63) is 119 Å². The molecule has 1 heteroatoms. The van der Waals surface area contributed by atoms with Gasteiger partial charge in [-0.1, -0.05) is 86.8 Å². The minimum Gasteiger partial charge on any atom is -0.495 e. The molecule has 0 bridgehead atoms. The molecule has 0 N–H and O–H groups in total. The zero-order chi connectivity index (χ0) is 19.9. The second-order valence-electron chi connectivity index (χ2n) is 6.64. The van der Waals surface area contributed by atoms with Gasteiger partial charge in [-0.25, -0.2) is 0 Å². The van der Waals surface area contributed by atoms with E-state index in [0.29, 0.717) is 0 Å². The highest BCUT2D eigenvalue weighted by molar-refractivity contribution is 5.72. The van der Waals surface area contributed by atoms with Crippen LogP contribution in [0, 0.1) is 0 Å². The molecule has 0 aliphatic heterocycles. The molecule has 140 valence electrons. The summed E-state index contributed by atoms with van der Waals surface area (Å²) in [5.74, 6) is 0.950. The Kier molecular flexibility index (Phi) is 6.32. The Morgan fingerprint density at radius 3 is 2.00 bits per heavy atom. The summed E-state index contributed by atoms with van der Waals surface area (Å²) in [6.45, 7) is 9.98. The quantitative estimate of drug-likeness (QED) is 0.327. The smallest absolute Gasteiger partial charge is 0.134 e. The molecule has 0 heterocycles. The van der Waals surface area contributed by atoms with E-state index in [-0.39, 0.29) is 5.92 Å². The van der Waals surface area contributed by atoms with Gasteiger partial charge in [0, 0.05) is 17.0 Å². The Hall–Kier alpha value is -3.28. The maximum atomic E-state index is 5.74. The Labute approximate surface area is 168 Å². The minimum absolute atomic E-state index is 0.124. The van der Waals surface area contributed by atoms with Gasteiger partial charge in [-0.05, 0) is 40.8 Å². The highest BCUT2D eigenvalue weighted by atomic mass is 16.5. The highest BCUT2D eigenvalue weighted by Gasteiger charge is 2.23. The van der Waals surface area contributed by atoms with Crippen LogP contribution in [0.2, 0.25) is 0 Å². The number of hydrogen-bond donors (Lipinski definition) is 0. The van der Waals surface area contributed by atoms with Crippen LogP contribution in [-0.2, 0) is 6.42 Å².